The maximum absolute atomic E-state index is 5.81. The Morgan fingerprint density at radius 3 is 2.60 bits per heavy atom. The lowest BCUT2D eigenvalue weighted by Crippen LogP contribution is -1.90. The summed E-state index contributed by atoms with van der Waals surface area (Å²) in [6, 6.07) is 0. The first-order chi connectivity index (χ1) is 4.74. The summed E-state index contributed by atoms with van der Waals surface area (Å²) in [5, 5.41) is 1.53. The number of hydrogen-bond donors (Lipinski definition) is 0. The lowest BCUT2D eigenvalue weighted by atomic mass is 10.0. The Balaban J connectivity index is 2.76. The molecule has 0 aromatic heterocycles. The fraction of sp³-hybridized carbons (Fsp3) is 0.500. The third kappa shape index (κ3) is 1.77. The molecule has 0 heterocycles. The second kappa shape index (κ2) is 3.45. The van der Waals surface area contributed by atoms with Gasteiger partial charge in [-0.25, -0.2) is 0 Å². The predicted molar refractivity (Wildman–Crippen MR) is 46.3 cm³/mol. The minimum atomic E-state index is 0.727. The van der Waals surface area contributed by atoms with Gasteiger partial charge >= 0.3 is 0 Å². The van der Waals surface area contributed by atoms with Crippen LogP contribution < -0.4 is 0 Å². The van der Waals surface area contributed by atoms with E-state index in [1.165, 1.54) is 5.57 Å². The van der Waals surface area contributed by atoms with Gasteiger partial charge in [-0.05, 0) is 25.3 Å². The summed E-state index contributed by atoms with van der Waals surface area (Å²) < 4.78 is 0. The molecular formula is C8H10Cl2. The van der Waals surface area contributed by atoms with Crippen LogP contribution in [0.15, 0.2) is 21.7 Å². The summed E-state index contributed by atoms with van der Waals surface area (Å²) >= 11 is 11.6. The van der Waals surface area contributed by atoms with E-state index in [-0.39, 0.29) is 0 Å². The smallest absolute Gasteiger partial charge is 0.0550 e. The monoisotopic (exact) mass is 176 g/mol. The van der Waals surface area contributed by atoms with Crippen molar-refractivity contribution < 1.29 is 0 Å². The van der Waals surface area contributed by atoms with Crippen LogP contribution in [0.4, 0.5) is 0 Å². The third-order valence-corrected chi connectivity index (χ3v) is 2.54. The van der Waals surface area contributed by atoms with Crippen molar-refractivity contribution in [3.63, 3.8) is 0 Å². The van der Waals surface area contributed by atoms with E-state index in [9.17, 15) is 0 Å². The third-order valence-electron chi connectivity index (χ3n) is 1.71. The van der Waals surface area contributed by atoms with Crippen molar-refractivity contribution in [1.82, 2.24) is 0 Å². The van der Waals surface area contributed by atoms with Crippen molar-refractivity contribution >= 4 is 23.2 Å². The maximum Gasteiger partial charge on any atom is 0.0550 e. The highest BCUT2D eigenvalue weighted by Gasteiger charge is 2.07. The topological polar surface area (TPSA) is 0 Å². The Kier molecular flexibility index (Phi) is 2.82. The Labute approximate surface area is 71.5 Å². The van der Waals surface area contributed by atoms with Crippen molar-refractivity contribution in [1.29, 1.82) is 0 Å². The number of rotatable bonds is 1. The summed E-state index contributed by atoms with van der Waals surface area (Å²) in [6.07, 6.45) is 5.05. The number of halogens is 2. The molecule has 2 heteroatoms. The Hall–Kier alpha value is 0.0600. The molecular weight excluding hydrogens is 167 g/mol. The van der Waals surface area contributed by atoms with E-state index in [0.29, 0.717) is 0 Å². The summed E-state index contributed by atoms with van der Waals surface area (Å²) in [4.78, 5) is 0. The predicted octanol–water partition coefficient (Wildman–Crippen LogP) is 3.81. The van der Waals surface area contributed by atoms with Gasteiger partial charge in [0.1, 0.15) is 0 Å². The van der Waals surface area contributed by atoms with Gasteiger partial charge in [0.2, 0.25) is 0 Å². The molecule has 10 heavy (non-hydrogen) atoms. The van der Waals surface area contributed by atoms with Gasteiger partial charge in [0, 0.05) is 5.03 Å². The molecule has 0 bridgehead atoms. The summed E-state index contributed by atoms with van der Waals surface area (Å²) in [7, 11) is 0. The van der Waals surface area contributed by atoms with E-state index in [0.717, 1.165) is 29.3 Å². The fourth-order valence-electron chi connectivity index (χ4n) is 0.998. The van der Waals surface area contributed by atoms with Crippen molar-refractivity contribution in [3.05, 3.63) is 21.7 Å². The Morgan fingerprint density at radius 2 is 2.10 bits per heavy atom. The molecule has 0 aliphatic heterocycles. The average molecular weight is 177 g/mol. The molecule has 0 amide bonds. The number of hydrogen-bond acceptors (Lipinski definition) is 0. The zero-order chi connectivity index (χ0) is 7.56. The molecule has 0 saturated heterocycles. The van der Waals surface area contributed by atoms with Crippen molar-refractivity contribution in [3.8, 4) is 0 Å². The van der Waals surface area contributed by atoms with E-state index in [2.05, 4.69) is 6.92 Å². The average Bonchev–Trinajstić information content (AvgIpc) is 1.95. The van der Waals surface area contributed by atoms with Gasteiger partial charge in [-0.2, -0.15) is 0 Å². The molecule has 0 atom stereocenters. The van der Waals surface area contributed by atoms with Gasteiger partial charge in [0.15, 0.2) is 0 Å². The summed E-state index contributed by atoms with van der Waals surface area (Å²) in [6.45, 7) is 2.13. The second-order valence-corrected chi connectivity index (χ2v) is 3.27. The first kappa shape index (κ1) is 8.16. The van der Waals surface area contributed by atoms with Gasteiger partial charge in [-0.15, -0.1) is 0 Å². The van der Waals surface area contributed by atoms with Gasteiger partial charge in [-0.1, -0.05) is 35.7 Å². The quantitative estimate of drug-likeness (QED) is 0.571. The molecule has 1 aliphatic rings. The molecule has 0 fully saturated rings. The highest BCUT2D eigenvalue weighted by molar-refractivity contribution is 6.40. The van der Waals surface area contributed by atoms with Crippen LogP contribution in [-0.4, -0.2) is 0 Å². The molecule has 0 N–H and O–H groups in total. The van der Waals surface area contributed by atoms with E-state index in [1.807, 2.05) is 6.08 Å². The van der Waals surface area contributed by atoms with Crippen molar-refractivity contribution in [2.45, 2.75) is 26.2 Å². The first-order valence-electron chi connectivity index (χ1n) is 3.47. The molecule has 0 spiro atoms. The first-order valence-corrected chi connectivity index (χ1v) is 4.23. The highest BCUT2D eigenvalue weighted by Crippen LogP contribution is 2.29. The Bertz CT molecular complexity index is 189. The van der Waals surface area contributed by atoms with E-state index in [1.54, 1.807) is 0 Å². The molecule has 0 aromatic carbocycles. The summed E-state index contributed by atoms with van der Waals surface area (Å²) in [5.41, 5.74) is 1.40. The van der Waals surface area contributed by atoms with Gasteiger partial charge < -0.3 is 0 Å². The molecule has 1 rings (SSSR count). The highest BCUT2D eigenvalue weighted by atomic mass is 35.5. The van der Waals surface area contributed by atoms with Crippen molar-refractivity contribution in [2.24, 2.45) is 0 Å². The largest absolute Gasteiger partial charge is 0.0875 e. The van der Waals surface area contributed by atoms with Crippen LogP contribution in [-0.2, 0) is 0 Å². The van der Waals surface area contributed by atoms with E-state index < -0.39 is 0 Å². The molecule has 0 radical (unpaired) electrons. The zero-order valence-electron chi connectivity index (χ0n) is 5.95. The molecule has 56 valence electrons. The molecule has 1 aliphatic carbocycles. The minimum absolute atomic E-state index is 0.727. The second-order valence-electron chi connectivity index (χ2n) is 2.41. The molecule has 0 unspecified atom stereocenters. The van der Waals surface area contributed by atoms with Crippen molar-refractivity contribution in [2.75, 3.05) is 0 Å². The van der Waals surface area contributed by atoms with Crippen LogP contribution >= 0.6 is 23.2 Å². The van der Waals surface area contributed by atoms with Crippen LogP contribution in [0.1, 0.15) is 26.2 Å². The van der Waals surface area contributed by atoms with Crippen LogP contribution in [0.3, 0.4) is 0 Å². The van der Waals surface area contributed by atoms with Crippen LogP contribution in [0.2, 0.25) is 0 Å². The van der Waals surface area contributed by atoms with Gasteiger partial charge in [0.25, 0.3) is 0 Å². The fourth-order valence-corrected chi connectivity index (χ4v) is 1.40. The molecule has 0 aromatic rings. The van der Waals surface area contributed by atoms with Gasteiger partial charge in [0.05, 0.1) is 5.03 Å². The normalized spacial score (nSPS) is 19.3. The van der Waals surface area contributed by atoms with E-state index >= 15 is 0 Å². The van der Waals surface area contributed by atoms with E-state index in [4.69, 9.17) is 23.2 Å². The number of allylic oxidation sites excluding steroid dienone is 4. The summed E-state index contributed by atoms with van der Waals surface area (Å²) in [5.74, 6) is 0. The SMILES string of the molecule is CCC1=CC(Cl)=C(Cl)CC1. The Morgan fingerprint density at radius 1 is 1.40 bits per heavy atom. The standard InChI is InChI=1S/C8H10Cl2/c1-2-6-3-4-7(9)8(10)5-6/h5H,2-4H2,1H3. The lowest BCUT2D eigenvalue weighted by Gasteiger charge is -2.10. The van der Waals surface area contributed by atoms with Crippen LogP contribution in [0, 0.1) is 0 Å². The van der Waals surface area contributed by atoms with Crippen LogP contribution in [0.25, 0.3) is 0 Å². The zero-order valence-corrected chi connectivity index (χ0v) is 7.47. The van der Waals surface area contributed by atoms with Crippen LogP contribution in [0.5, 0.6) is 0 Å². The molecule has 0 saturated carbocycles. The molecule has 0 nitrogen and oxygen atoms in total. The lowest BCUT2D eigenvalue weighted by molar-refractivity contribution is 0.882. The maximum atomic E-state index is 5.81. The van der Waals surface area contributed by atoms with Gasteiger partial charge in [-0.3, -0.25) is 0 Å². The minimum Gasteiger partial charge on any atom is -0.0875 e.